The van der Waals surface area contributed by atoms with Crippen molar-refractivity contribution in [1.82, 2.24) is 9.80 Å². The first kappa shape index (κ1) is 17.3. The van der Waals surface area contributed by atoms with Crippen LogP contribution >= 0.6 is 0 Å². The number of carbonyl (C=O) groups excluding carboxylic acids is 2. The minimum atomic E-state index is -0.320. The van der Waals surface area contributed by atoms with E-state index < -0.39 is 0 Å². The molecule has 126 valence electrons. The summed E-state index contributed by atoms with van der Waals surface area (Å²) in [6.45, 7) is 7.66. The number of carbonyl (C=O) groups is 2. The number of rotatable bonds is 5. The number of ether oxygens (including phenoxy) is 1. The topological polar surface area (TPSA) is 49.9 Å². The molecule has 2 heterocycles. The normalized spacial score (nSPS) is 21.7. The molecule has 0 aromatic carbocycles. The first-order valence-corrected chi connectivity index (χ1v) is 8.86. The zero-order chi connectivity index (χ0) is 15.9. The highest BCUT2D eigenvalue weighted by atomic mass is 16.5. The molecule has 0 unspecified atom stereocenters. The van der Waals surface area contributed by atoms with E-state index in [1.54, 1.807) is 0 Å². The van der Waals surface area contributed by atoms with E-state index in [4.69, 9.17) is 4.74 Å². The van der Waals surface area contributed by atoms with E-state index in [-0.39, 0.29) is 17.9 Å². The molecule has 2 aliphatic heterocycles. The highest BCUT2D eigenvalue weighted by Gasteiger charge is 2.32. The van der Waals surface area contributed by atoms with Gasteiger partial charge in [0.1, 0.15) is 6.10 Å². The van der Waals surface area contributed by atoms with Gasteiger partial charge in [-0.05, 0) is 45.4 Å². The Bertz CT molecular complexity index is 347. The van der Waals surface area contributed by atoms with Gasteiger partial charge in [-0.1, -0.05) is 6.92 Å². The molecule has 0 radical (unpaired) electrons. The van der Waals surface area contributed by atoms with Crippen molar-refractivity contribution in [2.75, 3.05) is 32.8 Å². The van der Waals surface area contributed by atoms with E-state index in [9.17, 15) is 9.59 Å². The van der Waals surface area contributed by atoms with Gasteiger partial charge in [0.25, 0.3) is 5.91 Å². The number of nitrogens with zero attached hydrogens (tertiary/aromatic N) is 2. The SMILES string of the molecule is CCO[C@@H](CC)C(=O)N1CCC(C(=O)N2CCCCC2)CC1. The summed E-state index contributed by atoms with van der Waals surface area (Å²) in [7, 11) is 0. The van der Waals surface area contributed by atoms with Crippen LogP contribution in [0.1, 0.15) is 52.4 Å². The van der Waals surface area contributed by atoms with Crippen molar-refractivity contribution in [2.24, 2.45) is 5.92 Å². The van der Waals surface area contributed by atoms with Crippen molar-refractivity contribution in [2.45, 2.75) is 58.5 Å². The Morgan fingerprint density at radius 2 is 1.64 bits per heavy atom. The van der Waals surface area contributed by atoms with Crippen LogP contribution < -0.4 is 0 Å². The molecule has 1 atom stereocenters. The number of piperidine rings is 2. The fourth-order valence-electron chi connectivity index (χ4n) is 3.49. The summed E-state index contributed by atoms with van der Waals surface area (Å²) in [5.74, 6) is 0.506. The molecule has 0 aliphatic carbocycles. The van der Waals surface area contributed by atoms with Gasteiger partial charge < -0.3 is 14.5 Å². The predicted octanol–water partition coefficient (Wildman–Crippen LogP) is 2.05. The molecular weight excluding hydrogens is 280 g/mol. The van der Waals surface area contributed by atoms with Gasteiger partial charge in [0.05, 0.1) is 0 Å². The molecule has 2 amide bonds. The van der Waals surface area contributed by atoms with E-state index in [1.165, 1.54) is 6.42 Å². The summed E-state index contributed by atoms with van der Waals surface area (Å²) < 4.78 is 5.51. The van der Waals surface area contributed by atoms with Crippen LogP contribution in [-0.4, -0.2) is 60.5 Å². The Labute approximate surface area is 134 Å². The molecule has 5 nitrogen and oxygen atoms in total. The molecule has 0 aromatic heterocycles. The van der Waals surface area contributed by atoms with Gasteiger partial charge in [0.15, 0.2) is 0 Å². The van der Waals surface area contributed by atoms with Gasteiger partial charge >= 0.3 is 0 Å². The Morgan fingerprint density at radius 1 is 1.00 bits per heavy atom. The third kappa shape index (κ3) is 4.22. The van der Waals surface area contributed by atoms with Crippen LogP contribution in [0.3, 0.4) is 0 Å². The Kier molecular flexibility index (Phi) is 6.68. The number of amides is 2. The second-order valence-corrected chi connectivity index (χ2v) is 6.34. The standard InChI is InChI=1S/C17H30N2O3/c1-3-15(22-4-2)17(21)19-12-8-14(9-13-19)16(20)18-10-6-5-7-11-18/h14-15H,3-13H2,1-2H3/t15-/m0/s1. The predicted molar refractivity (Wildman–Crippen MR) is 85.4 cm³/mol. The summed E-state index contributed by atoms with van der Waals surface area (Å²) in [6, 6.07) is 0. The maximum absolute atomic E-state index is 12.5. The van der Waals surface area contributed by atoms with Crippen molar-refractivity contribution >= 4 is 11.8 Å². The van der Waals surface area contributed by atoms with Crippen LogP contribution in [0.4, 0.5) is 0 Å². The molecule has 0 bridgehead atoms. The highest BCUT2D eigenvalue weighted by Crippen LogP contribution is 2.22. The summed E-state index contributed by atoms with van der Waals surface area (Å²) in [4.78, 5) is 28.8. The van der Waals surface area contributed by atoms with Crippen molar-refractivity contribution in [1.29, 1.82) is 0 Å². The Balaban J connectivity index is 1.81. The van der Waals surface area contributed by atoms with Crippen LogP contribution in [0.2, 0.25) is 0 Å². The van der Waals surface area contributed by atoms with Crippen LogP contribution in [0, 0.1) is 5.92 Å². The zero-order valence-electron chi connectivity index (χ0n) is 14.1. The minimum Gasteiger partial charge on any atom is -0.369 e. The number of hydrogen-bond acceptors (Lipinski definition) is 3. The second-order valence-electron chi connectivity index (χ2n) is 6.34. The molecule has 0 N–H and O–H groups in total. The van der Waals surface area contributed by atoms with Crippen molar-refractivity contribution in [3.05, 3.63) is 0 Å². The van der Waals surface area contributed by atoms with Crippen molar-refractivity contribution in [3.63, 3.8) is 0 Å². The summed E-state index contributed by atoms with van der Waals surface area (Å²) >= 11 is 0. The fourth-order valence-corrected chi connectivity index (χ4v) is 3.49. The van der Waals surface area contributed by atoms with Crippen LogP contribution in [0.25, 0.3) is 0 Å². The quantitative estimate of drug-likeness (QED) is 0.781. The van der Waals surface area contributed by atoms with E-state index in [2.05, 4.69) is 0 Å². The first-order chi connectivity index (χ1) is 10.7. The van der Waals surface area contributed by atoms with E-state index in [0.29, 0.717) is 32.0 Å². The van der Waals surface area contributed by atoms with Gasteiger partial charge in [-0.3, -0.25) is 9.59 Å². The second kappa shape index (κ2) is 8.51. The smallest absolute Gasteiger partial charge is 0.251 e. The van der Waals surface area contributed by atoms with E-state index in [0.717, 1.165) is 38.8 Å². The lowest BCUT2D eigenvalue weighted by atomic mass is 9.94. The van der Waals surface area contributed by atoms with Gasteiger partial charge in [-0.15, -0.1) is 0 Å². The van der Waals surface area contributed by atoms with E-state index >= 15 is 0 Å². The maximum atomic E-state index is 12.5. The average Bonchev–Trinajstić information content (AvgIpc) is 2.59. The molecule has 2 fully saturated rings. The lowest BCUT2D eigenvalue weighted by Crippen LogP contribution is -2.48. The van der Waals surface area contributed by atoms with Gasteiger partial charge in [-0.25, -0.2) is 0 Å². The molecule has 2 saturated heterocycles. The number of likely N-dealkylation sites (tertiary alicyclic amines) is 2. The van der Waals surface area contributed by atoms with Crippen LogP contribution in [0.15, 0.2) is 0 Å². The molecule has 5 heteroatoms. The lowest BCUT2D eigenvalue weighted by Gasteiger charge is -2.36. The van der Waals surface area contributed by atoms with Crippen LogP contribution in [-0.2, 0) is 14.3 Å². The minimum absolute atomic E-state index is 0.0909. The third-order valence-electron chi connectivity index (χ3n) is 4.84. The summed E-state index contributed by atoms with van der Waals surface area (Å²) in [5.41, 5.74) is 0. The molecule has 22 heavy (non-hydrogen) atoms. The molecule has 2 rings (SSSR count). The summed E-state index contributed by atoms with van der Waals surface area (Å²) in [6.07, 6.45) is 5.49. The maximum Gasteiger partial charge on any atom is 0.251 e. The van der Waals surface area contributed by atoms with E-state index in [1.807, 2.05) is 23.6 Å². The Hall–Kier alpha value is -1.10. The summed E-state index contributed by atoms with van der Waals surface area (Å²) in [5, 5.41) is 0. The first-order valence-electron chi connectivity index (χ1n) is 8.86. The number of hydrogen-bond donors (Lipinski definition) is 0. The molecule has 0 saturated carbocycles. The van der Waals surface area contributed by atoms with Gasteiger partial charge in [-0.2, -0.15) is 0 Å². The highest BCUT2D eigenvalue weighted by molar-refractivity contribution is 5.82. The third-order valence-corrected chi connectivity index (χ3v) is 4.84. The van der Waals surface area contributed by atoms with Gasteiger partial charge in [0, 0.05) is 38.7 Å². The Morgan fingerprint density at radius 3 is 2.18 bits per heavy atom. The average molecular weight is 310 g/mol. The fraction of sp³-hybridized carbons (Fsp3) is 0.882. The molecule has 0 spiro atoms. The van der Waals surface area contributed by atoms with Crippen LogP contribution in [0.5, 0.6) is 0 Å². The largest absolute Gasteiger partial charge is 0.369 e. The molecular formula is C17H30N2O3. The lowest BCUT2D eigenvalue weighted by molar-refractivity contribution is -0.148. The molecule has 2 aliphatic rings. The molecule has 0 aromatic rings. The van der Waals surface area contributed by atoms with Crippen molar-refractivity contribution < 1.29 is 14.3 Å². The monoisotopic (exact) mass is 310 g/mol. The zero-order valence-corrected chi connectivity index (χ0v) is 14.1. The van der Waals surface area contributed by atoms with Gasteiger partial charge in [0.2, 0.25) is 5.91 Å². The van der Waals surface area contributed by atoms with Crippen molar-refractivity contribution in [3.8, 4) is 0 Å².